The van der Waals surface area contributed by atoms with Crippen molar-refractivity contribution in [1.29, 1.82) is 0 Å². The molecule has 20 heavy (non-hydrogen) atoms. The second kappa shape index (κ2) is 6.21. The maximum atomic E-state index is 12.4. The van der Waals surface area contributed by atoms with Crippen molar-refractivity contribution >= 4 is 10.2 Å². The van der Waals surface area contributed by atoms with Crippen LogP contribution in [0.2, 0.25) is 0 Å². The third-order valence-corrected chi connectivity index (χ3v) is 5.18. The average molecular weight is 303 g/mol. The van der Waals surface area contributed by atoms with E-state index >= 15 is 0 Å². The van der Waals surface area contributed by atoms with Crippen molar-refractivity contribution in [3.05, 3.63) is 17.8 Å². The molecule has 2 heterocycles. The Balaban J connectivity index is 2.09. The Morgan fingerprint density at radius 3 is 2.95 bits per heavy atom. The van der Waals surface area contributed by atoms with E-state index in [1.807, 2.05) is 0 Å². The molecule has 2 atom stereocenters. The molecule has 1 saturated heterocycles. The molecule has 0 aliphatic carbocycles. The van der Waals surface area contributed by atoms with E-state index in [0.717, 1.165) is 12.8 Å². The predicted molar refractivity (Wildman–Crippen MR) is 73.1 cm³/mol. The maximum Gasteiger partial charge on any atom is 0.280 e. The Morgan fingerprint density at radius 2 is 2.35 bits per heavy atom. The topological polar surface area (TPSA) is 95.7 Å². The lowest BCUT2D eigenvalue weighted by atomic mass is 10.1. The Bertz CT molecular complexity index is 543. The number of hydrogen-bond acceptors (Lipinski definition) is 5. The lowest BCUT2D eigenvalue weighted by molar-refractivity contribution is 0.153. The standard InChI is InChI=1S/C12H21N3O4S/c1-9-7-13-12(19-9)10(2)14-20(17,18)15-6-4-3-5-11(15)8-16/h7,10-11,14,16H,3-6,8H2,1-2H3. The predicted octanol–water partition coefficient (Wildman–Crippen LogP) is 0.725. The minimum absolute atomic E-state index is 0.159. The van der Waals surface area contributed by atoms with Gasteiger partial charge in [0.15, 0.2) is 0 Å². The fourth-order valence-corrected chi connectivity index (χ4v) is 4.00. The second-order valence-electron chi connectivity index (χ2n) is 5.10. The molecule has 8 heteroatoms. The van der Waals surface area contributed by atoms with Gasteiger partial charge in [0.1, 0.15) is 5.76 Å². The van der Waals surface area contributed by atoms with Gasteiger partial charge in [-0.1, -0.05) is 6.42 Å². The summed E-state index contributed by atoms with van der Waals surface area (Å²) in [4.78, 5) is 4.02. The second-order valence-corrected chi connectivity index (χ2v) is 6.75. The molecule has 2 rings (SSSR count). The van der Waals surface area contributed by atoms with E-state index in [2.05, 4.69) is 9.71 Å². The van der Waals surface area contributed by atoms with E-state index in [4.69, 9.17) is 4.42 Å². The zero-order valence-electron chi connectivity index (χ0n) is 11.7. The van der Waals surface area contributed by atoms with E-state index in [1.54, 1.807) is 20.0 Å². The zero-order chi connectivity index (χ0) is 14.8. The summed E-state index contributed by atoms with van der Waals surface area (Å²) < 4.78 is 34.0. The molecule has 1 aliphatic rings. The summed E-state index contributed by atoms with van der Waals surface area (Å²) in [5.74, 6) is 0.973. The SMILES string of the molecule is Cc1cnc(C(C)NS(=O)(=O)N2CCCCC2CO)o1. The number of rotatable bonds is 5. The van der Waals surface area contributed by atoms with Gasteiger partial charge < -0.3 is 9.52 Å². The largest absolute Gasteiger partial charge is 0.444 e. The summed E-state index contributed by atoms with van der Waals surface area (Å²) in [6.07, 6.45) is 3.98. The van der Waals surface area contributed by atoms with Crippen molar-refractivity contribution in [2.75, 3.05) is 13.2 Å². The highest BCUT2D eigenvalue weighted by atomic mass is 32.2. The smallest absolute Gasteiger partial charge is 0.280 e. The monoisotopic (exact) mass is 303 g/mol. The van der Waals surface area contributed by atoms with Crippen LogP contribution in [0.1, 0.15) is 43.9 Å². The Morgan fingerprint density at radius 1 is 1.60 bits per heavy atom. The van der Waals surface area contributed by atoms with Crippen molar-refractivity contribution in [2.24, 2.45) is 0 Å². The summed E-state index contributed by atoms with van der Waals surface area (Å²) in [6.45, 7) is 3.70. The van der Waals surface area contributed by atoms with Gasteiger partial charge in [-0.25, -0.2) is 4.98 Å². The van der Waals surface area contributed by atoms with Crippen molar-refractivity contribution in [3.63, 3.8) is 0 Å². The first-order chi connectivity index (χ1) is 9.44. The number of aryl methyl sites for hydroxylation is 1. The van der Waals surface area contributed by atoms with Gasteiger partial charge in [0.05, 0.1) is 18.8 Å². The van der Waals surface area contributed by atoms with E-state index in [1.165, 1.54) is 4.31 Å². The fourth-order valence-electron chi connectivity index (χ4n) is 2.39. The van der Waals surface area contributed by atoms with Gasteiger partial charge in [-0.2, -0.15) is 17.4 Å². The number of aromatic nitrogens is 1. The molecule has 1 aromatic rings. The van der Waals surface area contributed by atoms with Crippen LogP contribution < -0.4 is 4.72 Å². The molecule has 0 spiro atoms. The zero-order valence-corrected chi connectivity index (χ0v) is 12.6. The fraction of sp³-hybridized carbons (Fsp3) is 0.750. The molecule has 0 bridgehead atoms. The lowest BCUT2D eigenvalue weighted by Crippen LogP contribution is -2.50. The highest BCUT2D eigenvalue weighted by Gasteiger charge is 2.33. The van der Waals surface area contributed by atoms with Crippen LogP contribution in [0.4, 0.5) is 0 Å². The summed E-state index contributed by atoms with van der Waals surface area (Å²) in [5.41, 5.74) is 0. The minimum atomic E-state index is -3.66. The Kier molecular flexibility index (Phi) is 4.79. The quantitative estimate of drug-likeness (QED) is 0.836. The normalized spacial score (nSPS) is 22.9. The maximum absolute atomic E-state index is 12.4. The molecular formula is C12H21N3O4S. The molecule has 7 nitrogen and oxygen atoms in total. The first-order valence-electron chi connectivity index (χ1n) is 6.76. The van der Waals surface area contributed by atoms with E-state index < -0.39 is 16.3 Å². The van der Waals surface area contributed by atoms with Crippen LogP contribution in [0.25, 0.3) is 0 Å². The Hall–Kier alpha value is -0.960. The third kappa shape index (κ3) is 3.38. The van der Waals surface area contributed by atoms with Crippen molar-refractivity contribution in [3.8, 4) is 0 Å². The average Bonchev–Trinajstić information content (AvgIpc) is 2.85. The first kappa shape index (κ1) is 15.4. The molecule has 0 radical (unpaired) electrons. The van der Waals surface area contributed by atoms with Crippen molar-refractivity contribution in [1.82, 2.24) is 14.0 Å². The first-order valence-corrected chi connectivity index (χ1v) is 8.20. The number of piperidine rings is 1. The highest BCUT2D eigenvalue weighted by molar-refractivity contribution is 7.87. The number of aliphatic hydroxyl groups is 1. The number of oxazole rings is 1. The van der Waals surface area contributed by atoms with Crippen molar-refractivity contribution < 1.29 is 17.9 Å². The van der Waals surface area contributed by atoms with E-state index in [9.17, 15) is 13.5 Å². The van der Waals surface area contributed by atoms with Gasteiger partial charge >= 0.3 is 0 Å². The van der Waals surface area contributed by atoms with Crippen LogP contribution in [0.15, 0.2) is 10.6 Å². The van der Waals surface area contributed by atoms with Gasteiger partial charge in [0.2, 0.25) is 5.89 Å². The van der Waals surface area contributed by atoms with E-state index in [-0.39, 0.29) is 12.6 Å². The van der Waals surface area contributed by atoms with Crippen LogP contribution in [0.5, 0.6) is 0 Å². The van der Waals surface area contributed by atoms with Gasteiger partial charge in [-0.15, -0.1) is 0 Å². The molecule has 1 fully saturated rings. The summed E-state index contributed by atoms with van der Waals surface area (Å²) >= 11 is 0. The minimum Gasteiger partial charge on any atom is -0.444 e. The molecular weight excluding hydrogens is 282 g/mol. The number of nitrogens with one attached hydrogen (secondary N) is 1. The lowest BCUT2D eigenvalue weighted by Gasteiger charge is -2.33. The van der Waals surface area contributed by atoms with Crippen LogP contribution in [0, 0.1) is 6.92 Å². The van der Waals surface area contributed by atoms with Crippen molar-refractivity contribution in [2.45, 2.75) is 45.2 Å². The van der Waals surface area contributed by atoms with Crippen LogP contribution in [-0.4, -0.2) is 42.0 Å². The Labute approximate surface area is 119 Å². The molecule has 1 aliphatic heterocycles. The molecule has 1 aromatic heterocycles. The van der Waals surface area contributed by atoms with Gasteiger partial charge in [0.25, 0.3) is 10.2 Å². The highest BCUT2D eigenvalue weighted by Crippen LogP contribution is 2.21. The van der Waals surface area contributed by atoms with Gasteiger partial charge in [-0.05, 0) is 26.7 Å². The van der Waals surface area contributed by atoms with Crippen LogP contribution in [-0.2, 0) is 10.2 Å². The molecule has 0 aromatic carbocycles. The molecule has 0 saturated carbocycles. The summed E-state index contributed by atoms with van der Waals surface area (Å²) in [5, 5.41) is 9.31. The summed E-state index contributed by atoms with van der Waals surface area (Å²) in [6, 6.07) is -0.894. The number of aliphatic hydroxyl groups excluding tert-OH is 1. The number of nitrogens with zero attached hydrogens (tertiary/aromatic N) is 2. The van der Waals surface area contributed by atoms with Crippen LogP contribution in [0.3, 0.4) is 0 Å². The number of hydrogen-bond donors (Lipinski definition) is 2. The van der Waals surface area contributed by atoms with Crippen LogP contribution >= 0.6 is 0 Å². The molecule has 2 N–H and O–H groups in total. The van der Waals surface area contributed by atoms with E-state index in [0.29, 0.717) is 24.6 Å². The summed E-state index contributed by atoms with van der Waals surface area (Å²) in [7, 11) is -3.66. The molecule has 0 amide bonds. The third-order valence-electron chi connectivity index (χ3n) is 3.43. The van der Waals surface area contributed by atoms with Gasteiger partial charge in [-0.3, -0.25) is 0 Å². The molecule has 2 unspecified atom stereocenters. The molecule has 114 valence electrons. The van der Waals surface area contributed by atoms with Gasteiger partial charge in [0, 0.05) is 12.6 Å².